The Morgan fingerprint density at radius 1 is 1.19 bits per heavy atom. The van der Waals surface area contributed by atoms with E-state index >= 15 is 0 Å². The summed E-state index contributed by atoms with van der Waals surface area (Å²) in [7, 11) is 0. The van der Waals surface area contributed by atoms with Crippen LogP contribution in [0.2, 0.25) is 0 Å². The summed E-state index contributed by atoms with van der Waals surface area (Å²) in [5, 5.41) is 7.75. The maximum atomic E-state index is 12.5. The molecule has 142 valence electrons. The number of aryl methyl sites for hydroxylation is 2. The van der Waals surface area contributed by atoms with E-state index in [1.165, 1.54) is 24.8 Å². The summed E-state index contributed by atoms with van der Waals surface area (Å²) in [6.07, 6.45) is 6.03. The van der Waals surface area contributed by atoms with Crippen LogP contribution >= 0.6 is 0 Å². The van der Waals surface area contributed by atoms with Gasteiger partial charge in [0, 0.05) is 24.1 Å². The van der Waals surface area contributed by atoms with Gasteiger partial charge < -0.3 is 5.32 Å². The van der Waals surface area contributed by atoms with Gasteiger partial charge in [-0.2, -0.15) is 5.10 Å². The fourth-order valence-electron chi connectivity index (χ4n) is 3.95. The van der Waals surface area contributed by atoms with Crippen LogP contribution in [0.5, 0.6) is 0 Å². The molecule has 1 aromatic heterocycles. The van der Waals surface area contributed by atoms with Crippen molar-refractivity contribution in [2.75, 3.05) is 11.4 Å². The molecule has 0 saturated heterocycles. The number of aromatic nitrogens is 2. The van der Waals surface area contributed by atoms with E-state index in [9.17, 15) is 9.59 Å². The van der Waals surface area contributed by atoms with E-state index < -0.39 is 0 Å². The molecule has 1 aliphatic heterocycles. The summed E-state index contributed by atoms with van der Waals surface area (Å²) in [5.41, 5.74) is 3.04. The van der Waals surface area contributed by atoms with Crippen LogP contribution in [-0.4, -0.2) is 34.2 Å². The molecule has 0 spiro atoms. The number of fused-ring (bicyclic) bond motifs is 1. The quantitative estimate of drug-likeness (QED) is 0.904. The maximum absolute atomic E-state index is 12.5. The normalized spacial score (nSPS) is 17.7. The van der Waals surface area contributed by atoms with Crippen LogP contribution in [0.1, 0.15) is 44.1 Å². The number of amides is 2. The molecule has 1 saturated carbocycles. The Hall–Kier alpha value is -2.63. The molecule has 2 aromatic rings. The molecule has 6 nitrogen and oxygen atoms in total. The first-order chi connectivity index (χ1) is 13.1. The minimum Gasteiger partial charge on any atom is -0.352 e. The highest BCUT2D eigenvalue weighted by Gasteiger charge is 2.29. The third-order valence-corrected chi connectivity index (χ3v) is 5.49. The fourth-order valence-corrected chi connectivity index (χ4v) is 3.95. The molecule has 2 heterocycles. The first-order valence-electron chi connectivity index (χ1n) is 9.85. The molecule has 0 bridgehead atoms. The summed E-state index contributed by atoms with van der Waals surface area (Å²) >= 11 is 0. The van der Waals surface area contributed by atoms with Gasteiger partial charge in [-0.3, -0.25) is 14.5 Å². The standard InChI is InChI=1S/C21H26N4O2/c1-15-7-9-16(10-8-15)18-13-20-24(21(27)11-12-25(20)23-18)14-19(26)22-17-5-3-2-4-6-17/h7-10,13,17H,2-6,11-12,14H2,1H3,(H,22,26). The zero-order valence-corrected chi connectivity index (χ0v) is 15.8. The predicted molar refractivity (Wildman–Crippen MR) is 104 cm³/mol. The largest absolute Gasteiger partial charge is 0.352 e. The number of hydrogen-bond donors (Lipinski definition) is 1. The lowest BCUT2D eigenvalue weighted by Gasteiger charge is -2.28. The molecule has 27 heavy (non-hydrogen) atoms. The molecule has 1 aliphatic carbocycles. The lowest BCUT2D eigenvalue weighted by molar-refractivity contribution is -0.125. The molecule has 4 rings (SSSR count). The van der Waals surface area contributed by atoms with E-state index in [0.29, 0.717) is 18.8 Å². The van der Waals surface area contributed by atoms with E-state index in [2.05, 4.69) is 10.4 Å². The number of hydrogen-bond acceptors (Lipinski definition) is 3. The van der Waals surface area contributed by atoms with Crippen LogP contribution in [0.25, 0.3) is 11.3 Å². The number of carbonyl (C=O) groups excluding carboxylic acids is 2. The van der Waals surface area contributed by atoms with Gasteiger partial charge in [-0.15, -0.1) is 0 Å². The summed E-state index contributed by atoms with van der Waals surface area (Å²) < 4.78 is 1.84. The Morgan fingerprint density at radius 3 is 2.67 bits per heavy atom. The maximum Gasteiger partial charge on any atom is 0.240 e. The van der Waals surface area contributed by atoms with Crippen molar-refractivity contribution < 1.29 is 9.59 Å². The van der Waals surface area contributed by atoms with Crippen molar-refractivity contribution in [2.45, 2.75) is 58.0 Å². The van der Waals surface area contributed by atoms with Gasteiger partial charge in [0.25, 0.3) is 0 Å². The average molecular weight is 366 g/mol. The summed E-state index contributed by atoms with van der Waals surface area (Å²) in [5.74, 6) is 0.610. The molecular weight excluding hydrogens is 340 g/mol. The van der Waals surface area contributed by atoms with Crippen molar-refractivity contribution in [1.82, 2.24) is 15.1 Å². The summed E-state index contributed by atoms with van der Waals surface area (Å²) in [4.78, 5) is 26.6. The number of benzene rings is 1. The molecule has 0 radical (unpaired) electrons. The van der Waals surface area contributed by atoms with Gasteiger partial charge in [-0.25, -0.2) is 4.68 Å². The van der Waals surface area contributed by atoms with Crippen LogP contribution in [0, 0.1) is 6.92 Å². The van der Waals surface area contributed by atoms with Crippen LogP contribution in [0.15, 0.2) is 30.3 Å². The Labute approximate surface area is 159 Å². The SMILES string of the molecule is Cc1ccc(-c2cc3n(n2)CCC(=O)N3CC(=O)NC2CCCCC2)cc1. The van der Waals surface area contributed by atoms with E-state index in [1.54, 1.807) is 4.90 Å². The van der Waals surface area contributed by atoms with Crippen LogP contribution < -0.4 is 10.2 Å². The highest BCUT2D eigenvalue weighted by molar-refractivity contribution is 5.99. The van der Waals surface area contributed by atoms with Gasteiger partial charge in [0.05, 0.1) is 12.2 Å². The van der Waals surface area contributed by atoms with Crippen molar-refractivity contribution in [3.63, 3.8) is 0 Å². The van der Waals surface area contributed by atoms with Crippen LogP contribution in [-0.2, 0) is 16.1 Å². The lowest BCUT2D eigenvalue weighted by Crippen LogP contribution is -2.47. The van der Waals surface area contributed by atoms with Gasteiger partial charge >= 0.3 is 0 Å². The molecular formula is C21H26N4O2. The Bertz CT molecular complexity index is 834. The third kappa shape index (κ3) is 3.89. The number of nitrogens with zero attached hydrogens (tertiary/aromatic N) is 3. The van der Waals surface area contributed by atoms with Crippen LogP contribution in [0.3, 0.4) is 0 Å². The minimum absolute atomic E-state index is 0.0170. The van der Waals surface area contributed by atoms with Crippen molar-refractivity contribution in [2.24, 2.45) is 0 Å². The van der Waals surface area contributed by atoms with E-state index in [1.807, 2.05) is 41.9 Å². The first-order valence-corrected chi connectivity index (χ1v) is 9.85. The van der Waals surface area contributed by atoms with Gasteiger partial charge in [0.2, 0.25) is 11.8 Å². The molecule has 1 N–H and O–H groups in total. The van der Waals surface area contributed by atoms with Gasteiger partial charge in [0.15, 0.2) is 0 Å². The van der Waals surface area contributed by atoms with E-state index in [0.717, 1.165) is 24.1 Å². The highest BCUT2D eigenvalue weighted by Crippen LogP contribution is 2.28. The fraction of sp³-hybridized carbons (Fsp3) is 0.476. The zero-order valence-electron chi connectivity index (χ0n) is 15.8. The molecule has 0 unspecified atom stereocenters. The Kier molecular flexibility index (Phi) is 4.97. The summed E-state index contributed by atoms with van der Waals surface area (Å²) in [6, 6.07) is 10.3. The third-order valence-electron chi connectivity index (χ3n) is 5.49. The van der Waals surface area contributed by atoms with Crippen LogP contribution in [0.4, 0.5) is 5.82 Å². The molecule has 2 amide bonds. The minimum atomic E-state index is -0.0817. The number of rotatable bonds is 4. The predicted octanol–water partition coefficient (Wildman–Crippen LogP) is 3.04. The van der Waals surface area contributed by atoms with Crippen molar-refractivity contribution in [3.05, 3.63) is 35.9 Å². The monoisotopic (exact) mass is 366 g/mol. The molecule has 2 aliphatic rings. The van der Waals surface area contributed by atoms with Crippen molar-refractivity contribution in [3.8, 4) is 11.3 Å². The van der Waals surface area contributed by atoms with Gasteiger partial charge in [-0.1, -0.05) is 49.1 Å². The average Bonchev–Trinajstić information content (AvgIpc) is 3.10. The zero-order chi connectivity index (χ0) is 18.8. The molecule has 1 fully saturated rings. The van der Waals surface area contributed by atoms with Crippen molar-refractivity contribution in [1.29, 1.82) is 0 Å². The molecule has 1 aromatic carbocycles. The van der Waals surface area contributed by atoms with Crippen molar-refractivity contribution >= 4 is 17.6 Å². The number of anilines is 1. The topological polar surface area (TPSA) is 67.2 Å². The van der Waals surface area contributed by atoms with E-state index in [4.69, 9.17) is 0 Å². The summed E-state index contributed by atoms with van der Waals surface area (Å²) in [6.45, 7) is 2.67. The van der Waals surface area contributed by atoms with E-state index in [-0.39, 0.29) is 24.4 Å². The Balaban J connectivity index is 1.51. The second-order valence-electron chi connectivity index (χ2n) is 7.61. The second-order valence-corrected chi connectivity index (χ2v) is 7.61. The number of nitrogens with one attached hydrogen (secondary N) is 1. The van der Waals surface area contributed by atoms with Gasteiger partial charge in [0.1, 0.15) is 12.4 Å². The lowest BCUT2D eigenvalue weighted by atomic mass is 9.95. The van der Waals surface area contributed by atoms with Gasteiger partial charge in [-0.05, 0) is 19.8 Å². The molecule has 6 heteroatoms. The first kappa shape index (κ1) is 17.8. The molecule has 0 atom stereocenters. The smallest absolute Gasteiger partial charge is 0.240 e. The Morgan fingerprint density at radius 2 is 1.93 bits per heavy atom. The second kappa shape index (κ2) is 7.55. The highest BCUT2D eigenvalue weighted by atomic mass is 16.2. The number of carbonyl (C=O) groups is 2.